The summed E-state index contributed by atoms with van der Waals surface area (Å²) >= 11 is 1.77. The number of hydrogen-bond acceptors (Lipinski definition) is 3. The molecule has 0 aliphatic rings. The standard InChI is InChI=1S/C16H16O3S/c1-3-20-12-9-7-11(8-10-12)13-5-4-6-14(16(17)18)15(13)19-2/h4-10H,3H2,1-2H3,(H,17,18). The van der Waals surface area contributed by atoms with Gasteiger partial charge in [0, 0.05) is 10.5 Å². The molecule has 0 aliphatic heterocycles. The minimum Gasteiger partial charge on any atom is -0.495 e. The number of para-hydroxylation sites is 1. The second kappa shape index (κ2) is 6.48. The minimum atomic E-state index is -0.984. The first kappa shape index (κ1) is 14.5. The predicted octanol–water partition coefficient (Wildman–Crippen LogP) is 4.17. The fourth-order valence-electron chi connectivity index (χ4n) is 2.05. The van der Waals surface area contributed by atoms with Crippen LogP contribution in [0.4, 0.5) is 0 Å². The van der Waals surface area contributed by atoms with Gasteiger partial charge in [-0.2, -0.15) is 0 Å². The monoisotopic (exact) mass is 288 g/mol. The van der Waals surface area contributed by atoms with Crippen molar-refractivity contribution in [2.24, 2.45) is 0 Å². The molecule has 0 heterocycles. The molecule has 0 aromatic heterocycles. The number of benzene rings is 2. The first-order valence-corrected chi connectivity index (χ1v) is 7.29. The molecule has 0 aliphatic carbocycles. The first-order chi connectivity index (χ1) is 9.67. The minimum absolute atomic E-state index is 0.178. The normalized spacial score (nSPS) is 10.3. The lowest BCUT2D eigenvalue weighted by Gasteiger charge is -2.11. The topological polar surface area (TPSA) is 46.5 Å². The molecular weight excluding hydrogens is 272 g/mol. The second-order valence-electron chi connectivity index (χ2n) is 4.15. The van der Waals surface area contributed by atoms with Crippen molar-refractivity contribution in [1.82, 2.24) is 0 Å². The maximum atomic E-state index is 11.2. The lowest BCUT2D eigenvalue weighted by Crippen LogP contribution is -2.01. The van der Waals surface area contributed by atoms with Crippen molar-refractivity contribution in [2.75, 3.05) is 12.9 Å². The van der Waals surface area contributed by atoms with Gasteiger partial charge >= 0.3 is 5.97 Å². The van der Waals surface area contributed by atoms with Crippen molar-refractivity contribution in [3.63, 3.8) is 0 Å². The third-order valence-electron chi connectivity index (χ3n) is 2.93. The van der Waals surface area contributed by atoms with Crippen LogP contribution < -0.4 is 4.74 Å². The van der Waals surface area contributed by atoms with E-state index in [0.717, 1.165) is 16.9 Å². The molecule has 0 radical (unpaired) electrons. The Labute approximate surface area is 122 Å². The van der Waals surface area contributed by atoms with Gasteiger partial charge in [0.15, 0.2) is 0 Å². The third kappa shape index (κ3) is 2.96. The van der Waals surface area contributed by atoms with E-state index in [0.29, 0.717) is 5.75 Å². The largest absolute Gasteiger partial charge is 0.495 e. The van der Waals surface area contributed by atoms with E-state index in [1.165, 1.54) is 12.0 Å². The van der Waals surface area contributed by atoms with Gasteiger partial charge in [-0.25, -0.2) is 4.79 Å². The molecule has 20 heavy (non-hydrogen) atoms. The van der Waals surface area contributed by atoms with E-state index in [1.54, 1.807) is 23.9 Å². The molecule has 0 spiro atoms. The van der Waals surface area contributed by atoms with E-state index >= 15 is 0 Å². The van der Waals surface area contributed by atoms with Crippen LogP contribution in [0.25, 0.3) is 11.1 Å². The fourth-order valence-corrected chi connectivity index (χ4v) is 2.71. The van der Waals surface area contributed by atoms with Crippen molar-refractivity contribution < 1.29 is 14.6 Å². The van der Waals surface area contributed by atoms with Gasteiger partial charge in [0.1, 0.15) is 11.3 Å². The van der Waals surface area contributed by atoms with Crippen molar-refractivity contribution >= 4 is 17.7 Å². The summed E-state index contributed by atoms with van der Waals surface area (Å²) in [5, 5.41) is 9.20. The summed E-state index contributed by atoms with van der Waals surface area (Å²) in [6.45, 7) is 2.11. The molecule has 0 bridgehead atoms. The fraction of sp³-hybridized carbons (Fsp3) is 0.188. The molecule has 0 saturated carbocycles. The smallest absolute Gasteiger partial charge is 0.339 e. The molecule has 0 unspecified atom stereocenters. The molecule has 0 atom stereocenters. The number of carboxylic acids is 1. The van der Waals surface area contributed by atoms with E-state index < -0.39 is 5.97 Å². The number of carbonyl (C=O) groups is 1. The Bertz CT molecular complexity index is 606. The van der Waals surface area contributed by atoms with E-state index in [-0.39, 0.29) is 5.56 Å². The van der Waals surface area contributed by atoms with E-state index in [2.05, 4.69) is 6.92 Å². The van der Waals surface area contributed by atoms with Crippen LogP contribution in [-0.2, 0) is 0 Å². The number of ether oxygens (including phenoxy) is 1. The van der Waals surface area contributed by atoms with Crippen LogP contribution in [0.1, 0.15) is 17.3 Å². The summed E-state index contributed by atoms with van der Waals surface area (Å²) in [6, 6.07) is 13.2. The summed E-state index contributed by atoms with van der Waals surface area (Å²) in [7, 11) is 1.49. The number of methoxy groups -OCH3 is 1. The Kier molecular flexibility index (Phi) is 4.69. The summed E-state index contributed by atoms with van der Waals surface area (Å²) < 4.78 is 5.28. The maximum Gasteiger partial charge on any atom is 0.339 e. The van der Waals surface area contributed by atoms with Crippen molar-refractivity contribution in [2.45, 2.75) is 11.8 Å². The molecule has 2 rings (SSSR count). The number of hydrogen-bond donors (Lipinski definition) is 1. The first-order valence-electron chi connectivity index (χ1n) is 6.31. The van der Waals surface area contributed by atoms with Gasteiger partial charge in [-0.05, 0) is 29.5 Å². The summed E-state index contributed by atoms with van der Waals surface area (Å²) in [5.74, 6) is 0.440. The maximum absolute atomic E-state index is 11.2. The Balaban J connectivity index is 2.46. The average Bonchev–Trinajstić information content (AvgIpc) is 2.47. The number of rotatable bonds is 5. The van der Waals surface area contributed by atoms with E-state index in [9.17, 15) is 9.90 Å². The molecule has 0 saturated heterocycles. The summed E-state index contributed by atoms with van der Waals surface area (Å²) in [5.41, 5.74) is 1.92. The average molecular weight is 288 g/mol. The van der Waals surface area contributed by atoms with Gasteiger partial charge in [-0.15, -0.1) is 11.8 Å². The van der Waals surface area contributed by atoms with Crippen LogP contribution >= 0.6 is 11.8 Å². The number of carboxylic acid groups (broad SMARTS) is 1. The lowest BCUT2D eigenvalue weighted by molar-refractivity contribution is 0.0693. The molecular formula is C16H16O3S. The molecule has 3 nitrogen and oxygen atoms in total. The molecule has 2 aromatic carbocycles. The van der Waals surface area contributed by atoms with Crippen LogP contribution in [0.15, 0.2) is 47.4 Å². The Morgan fingerprint density at radius 1 is 1.20 bits per heavy atom. The highest BCUT2D eigenvalue weighted by atomic mass is 32.2. The van der Waals surface area contributed by atoms with Crippen LogP contribution in [-0.4, -0.2) is 23.9 Å². The van der Waals surface area contributed by atoms with Crippen LogP contribution in [0.2, 0.25) is 0 Å². The van der Waals surface area contributed by atoms with Gasteiger partial charge < -0.3 is 9.84 Å². The lowest BCUT2D eigenvalue weighted by atomic mass is 10.0. The highest BCUT2D eigenvalue weighted by Crippen LogP contribution is 2.34. The van der Waals surface area contributed by atoms with Gasteiger partial charge in [0.05, 0.1) is 7.11 Å². The van der Waals surface area contributed by atoms with Gasteiger partial charge in [-0.3, -0.25) is 0 Å². The van der Waals surface area contributed by atoms with Gasteiger partial charge in [0.25, 0.3) is 0 Å². The zero-order valence-corrected chi connectivity index (χ0v) is 12.2. The Morgan fingerprint density at radius 3 is 2.45 bits per heavy atom. The molecule has 1 N–H and O–H groups in total. The highest BCUT2D eigenvalue weighted by molar-refractivity contribution is 7.99. The second-order valence-corrected chi connectivity index (χ2v) is 5.49. The molecule has 2 aromatic rings. The predicted molar refractivity (Wildman–Crippen MR) is 81.8 cm³/mol. The summed E-state index contributed by atoms with van der Waals surface area (Å²) in [4.78, 5) is 12.4. The van der Waals surface area contributed by atoms with Gasteiger partial charge in [-0.1, -0.05) is 31.2 Å². The van der Waals surface area contributed by atoms with Crippen LogP contribution in [0.5, 0.6) is 5.75 Å². The molecule has 0 amide bonds. The zero-order valence-electron chi connectivity index (χ0n) is 11.4. The summed E-state index contributed by atoms with van der Waals surface area (Å²) in [6.07, 6.45) is 0. The highest BCUT2D eigenvalue weighted by Gasteiger charge is 2.15. The van der Waals surface area contributed by atoms with Gasteiger partial charge in [0.2, 0.25) is 0 Å². The quantitative estimate of drug-likeness (QED) is 0.839. The van der Waals surface area contributed by atoms with Crippen molar-refractivity contribution in [3.8, 4) is 16.9 Å². The van der Waals surface area contributed by atoms with Crippen molar-refractivity contribution in [1.29, 1.82) is 0 Å². The Morgan fingerprint density at radius 2 is 1.90 bits per heavy atom. The van der Waals surface area contributed by atoms with Crippen LogP contribution in [0.3, 0.4) is 0 Å². The molecule has 4 heteroatoms. The SMILES string of the molecule is CCSc1ccc(-c2cccc(C(=O)O)c2OC)cc1. The third-order valence-corrected chi connectivity index (χ3v) is 3.82. The zero-order chi connectivity index (χ0) is 14.5. The van der Waals surface area contributed by atoms with E-state index in [1.807, 2.05) is 30.3 Å². The van der Waals surface area contributed by atoms with Crippen molar-refractivity contribution in [3.05, 3.63) is 48.0 Å². The molecule has 0 fully saturated rings. The Hall–Kier alpha value is -1.94. The van der Waals surface area contributed by atoms with E-state index in [4.69, 9.17) is 4.74 Å². The molecule has 104 valence electrons. The van der Waals surface area contributed by atoms with Crippen LogP contribution in [0, 0.1) is 0 Å². The number of thioether (sulfide) groups is 1. The number of aromatic carboxylic acids is 1.